The Kier molecular flexibility index (Phi) is 5.84. The average Bonchev–Trinajstić information content (AvgIpc) is 3.25. The quantitative estimate of drug-likeness (QED) is 0.665. The second-order valence-electron chi connectivity index (χ2n) is 7.55. The van der Waals surface area contributed by atoms with Gasteiger partial charge in [0.2, 0.25) is 0 Å². The van der Waals surface area contributed by atoms with Crippen molar-refractivity contribution in [3.05, 3.63) is 72.3 Å². The molecule has 5 nitrogen and oxygen atoms in total. The van der Waals surface area contributed by atoms with E-state index in [2.05, 4.69) is 58.0 Å². The molecule has 1 fully saturated rings. The maximum absolute atomic E-state index is 12.2. The number of ether oxygens (including phenoxy) is 1. The van der Waals surface area contributed by atoms with Crippen molar-refractivity contribution in [1.29, 1.82) is 0 Å². The van der Waals surface area contributed by atoms with Crippen LogP contribution in [-0.2, 0) is 6.54 Å². The second kappa shape index (κ2) is 8.86. The van der Waals surface area contributed by atoms with Crippen LogP contribution in [0.3, 0.4) is 0 Å². The molecule has 29 heavy (non-hydrogen) atoms. The molecule has 1 aliphatic rings. The molecule has 0 saturated carbocycles. The molecule has 1 saturated heterocycles. The Bertz CT molecular complexity index is 989. The summed E-state index contributed by atoms with van der Waals surface area (Å²) in [5, 5.41) is 8.39. The number of fused-ring (bicyclic) bond motifs is 1. The largest absolute Gasteiger partial charge is 0.497 e. The summed E-state index contributed by atoms with van der Waals surface area (Å²) in [5.41, 5.74) is 2.27. The van der Waals surface area contributed by atoms with Crippen molar-refractivity contribution < 1.29 is 9.53 Å². The Labute approximate surface area is 171 Å². The summed E-state index contributed by atoms with van der Waals surface area (Å²) in [5.74, 6) is 1.32. The lowest BCUT2D eigenvalue weighted by Crippen LogP contribution is -2.38. The summed E-state index contributed by atoms with van der Waals surface area (Å²) in [6.45, 7) is 3.15. The van der Waals surface area contributed by atoms with Crippen LogP contribution in [0.15, 0.2) is 66.7 Å². The highest BCUT2D eigenvalue weighted by molar-refractivity contribution is 5.83. The summed E-state index contributed by atoms with van der Waals surface area (Å²) >= 11 is 0. The van der Waals surface area contributed by atoms with E-state index in [1.807, 2.05) is 24.3 Å². The van der Waals surface area contributed by atoms with Gasteiger partial charge >= 0.3 is 6.03 Å². The molecule has 0 bridgehead atoms. The summed E-state index contributed by atoms with van der Waals surface area (Å²) in [7, 11) is 1.69. The van der Waals surface area contributed by atoms with Gasteiger partial charge in [-0.3, -0.25) is 0 Å². The molecule has 2 amide bonds. The lowest BCUT2D eigenvalue weighted by Gasteiger charge is -2.19. The lowest BCUT2D eigenvalue weighted by molar-refractivity contribution is 0.239. The van der Waals surface area contributed by atoms with E-state index in [1.165, 1.54) is 16.5 Å². The molecule has 5 heteroatoms. The van der Waals surface area contributed by atoms with Gasteiger partial charge in [0.1, 0.15) is 5.75 Å². The number of hydrogen-bond acceptors (Lipinski definition) is 3. The molecule has 1 unspecified atom stereocenters. The van der Waals surface area contributed by atoms with Crippen molar-refractivity contribution in [2.45, 2.75) is 13.0 Å². The van der Waals surface area contributed by atoms with E-state index in [4.69, 9.17) is 4.74 Å². The number of urea groups is 1. The van der Waals surface area contributed by atoms with Crippen LogP contribution in [0.1, 0.15) is 12.0 Å². The van der Waals surface area contributed by atoms with Crippen molar-refractivity contribution in [1.82, 2.24) is 10.6 Å². The SMILES string of the molecule is COc1cccc(N2CCC(CNC(=O)NCc3ccc4ccccc4c3)C2)c1. The first kappa shape index (κ1) is 19.1. The monoisotopic (exact) mass is 389 g/mol. The lowest BCUT2D eigenvalue weighted by atomic mass is 10.1. The predicted molar refractivity (Wildman–Crippen MR) is 118 cm³/mol. The Morgan fingerprint density at radius 1 is 1.03 bits per heavy atom. The normalized spacial score (nSPS) is 16.0. The number of hydrogen-bond donors (Lipinski definition) is 2. The number of benzene rings is 3. The number of nitrogens with one attached hydrogen (secondary N) is 2. The van der Waals surface area contributed by atoms with Crippen LogP contribution in [0, 0.1) is 5.92 Å². The third kappa shape index (κ3) is 4.80. The molecule has 4 rings (SSSR count). The molecular formula is C24H27N3O2. The van der Waals surface area contributed by atoms with E-state index in [0.29, 0.717) is 19.0 Å². The summed E-state index contributed by atoms with van der Waals surface area (Å²) in [6.07, 6.45) is 1.07. The number of rotatable bonds is 6. The molecule has 1 atom stereocenters. The second-order valence-corrected chi connectivity index (χ2v) is 7.55. The highest BCUT2D eigenvalue weighted by Crippen LogP contribution is 2.26. The molecule has 1 aliphatic heterocycles. The number of carbonyl (C=O) groups is 1. The van der Waals surface area contributed by atoms with E-state index in [-0.39, 0.29) is 6.03 Å². The van der Waals surface area contributed by atoms with Crippen LogP contribution in [0.5, 0.6) is 5.75 Å². The van der Waals surface area contributed by atoms with Crippen molar-refractivity contribution in [3.8, 4) is 5.75 Å². The Balaban J connectivity index is 1.23. The van der Waals surface area contributed by atoms with Gasteiger partial charge in [0.05, 0.1) is 7.11 Å². The third-order valence-corrected chi connectivity index (χ3v) is 5.52. The molecule has 0 aromatic heterocycles. The van der Waals surface area contributed by atoms with Gasteiger partial charge in [0.25, 0.3) is 0 Å². The summed E-state index contributed by atoms with van der Waals surface area (Å²) in [4.78, 5) is 14.6. The number of anilines is 1. The smallest absolute Gasteiger partial charge is 0.315 e. The molecule has 150 valence electrons. The topological polar surface area (TPSA) is 53.6 Å². The minimum atomic E-state index is -0.113. The molecule has 1 heterocycles. The van der Waals surface area contributed by atoms with Crippen LogP contribution in [0.2, 0.25) is 0 Å². The zero-order valence-corrected chi connectivity index (χ0v) is 16.7. The van der Waals surface area contributed by atoms with E-state index >= 15 is 0 Å². The molecule has 0 radical (unpaired) electrons. The van der Waals surface area contributed by atoms with Gasteiger partial charge in [-0.2, -0.15) is 0 Å². The Hall–Kier alpha value is -3.21. The van der Waals surface area contributed by atoms with Gasteiger partial charge in [0.15, 0.2) is 0 Å². The van der Waals surface area contributed by atoms with Crippen LogP contribution in [-0.4, -0.2) is 32.8 Å². The van der Waals surface area contributed by atoms with Gasteiger partial charge in [0, 0.05) is 37.9 Å². The minimum Gasteiger partial charge on any atom is -0.497 e. The number of methoxy groups -OCH3 is 1. The first-order valence-electron chi connectivity index (χ1n) is 10.1. The standard InChI is InChI=1S/C24H27N3O2/c1-29-23-8-4-7-22(14-23)27-12-11-19(17-27)16-26-24(28)25-15-18-9-10-20-5-2-3-6-21(20)13-18/h2-10,13-14,19H,11-12,15-17H2,1H3,(H2,25,26,28). The van der Waals surface area contributed by atoms with Gasteiger partial charge in [-0.05, 0) is 46.9 Å². The van der Waals surface area contributed by atoms with E-state index < -0.39 is 0 Å². The molecule has 2 N–H and O–H groups in total. The van der Waals surface area contributed by atoms with Crippen LogP contribution in [0.25, 0.3) is 10.8 Å². The van der Waals surface area contributed by atoms with Crippen molar-refractivity contribution in [2.75, 3.05) is 31.6 Å². The maximum Gasteiger partial charge on any atom is 0.315 e. The van der Waals surface area contributed by atoms with Crippen LogP contribution < -0.4 is 20.3 Å². The molecule has 0 spiro atoms. The highest BCUT2D eigenvalue weighted by Gasteiger charge is 2.23. The average molecular weight is 389 g/mol. The van der Waals surface area contributed by atoms with E-state index in [0.717, 1.165) is 30.8 Å². The molecular weight excluding hydrogens is 362 g/mol. The van der Waals surface area contributed by atoms with Crippen molar-refractivity contribution >= 4 is 22.5 Å². The predicted octanol–water partition coefficient (Wildman–Crippen LogP) is 4.17. The zero-order valence-electron chi connectivity index (χ0n) is 16.7. The molecule has 0 aliphatic carbocycles. The van der Waals surface area contributed by atoms with Gasteiger partial charge in [-0.15, -0.1) is 0 Å². The zero-order chi connectivity index (χ0) is 20.1. The first-order chi connectivity index (χ1) is 14.2. The third-order valence-electron chi connectivity index (χ3n) is 5.52. The summed E-state index contributed by atoms with van der Waals surface area (Å²) < 4.78 is 5.32. The van der Waals surface area contributed by atoms with Gasteiger partial charge in [-0.1, -0.05) is 42.5 Å². The fourth-order valence-corrected chi connectivity index (χ4v) is 3.87. The Morgan fingerprint density at radius 3 is 2.76 bits per heavy atom. The first-order valence-corrected chi connectivity index (χ1v) is 10.1. The van der Waals surface area contributed by atoms with Gasteiger partial charge < -0.3 is 20.3 Å². The number of carbonyl (C=O) groups excluding carboxylic acids is 1. The number of amides is 2. The van der Waals surface area contributed by atoms with Crippen LogP contribution >= 0.6 is 0 Å². The molecule has 3 aromatic rings. The molecule has 3 aromatic carbocycles. The fourth-order valence-electron chi connectivity index (χ4n) is 3.87. The number of nitrogens with zero attached hydrogens (tertiary/aromatic N) is 1. The summed E-state index contributed by atoms with van der Waals surface area (Å²) in [6, 6.07) is 22.6. The fraction of sp³-hybridized carbons (Fsp3) is 0.292. The minimum absolute atomic E-state index is 0.113. The highest BCUT2D eigenvalue weighted by atomic mass is 16.5. The van der Waals surface area contributed by atoms with Crippen molar-refractivity contribution in [2.24, 2.45) is 5.92 Å². The van der Waals surface area contributed by atoms with E-state index in [9.17, 15) is 4.79 Å². The van der Waals surface area contributed by atoms with Gasteiger partial charge in [-0.25, -0.2) is 4.79 Å². The van der Waals surface area contributed by atoms with Crippen molar-refractivity contribution in [3.63, 3.8) is 0 Å². The maximum atomic E-state index is 12.2. The Morgan fingerprint density at radius 2 is 1.90 bits per heavy atom. The van der Waals surface area contributed by atoms with E-state index in [1.54, 1.807) is 7.11 Å². The van der Waals surface area contributed by atoms with Crippen LogP contribution in [0.4, 0.5) is 10.5 Å².